The molecule has 10 heteroatoms. The van der Waals surface area contributed by atoms with E-state index in [-0.39, 0.29) is 31.1 Å². The van der Waals surface area contributed by atoms with Crippen LogP contribution in [0.2, 0.25) is 5.02 Å². The van der Waals surface area contributed by atoms with Gasteiger partial charge in [-0.1, -0.05) is 30.2 Å². The zero-order chi connectivity index (χ0) is 23.2. The number of hydrogen-bond donors (Lipinski definition) is 5. The number of rotatable bonds is 9. The lowest BCUT2D eigenvalue weighted by Gasteiger charge is -2.30. The lowest BCUT2D eigenvalue weighted by molar-refractivity contribution is -0.115. The van der Waals surface area contributed by atoms with Crippen LogP contribution in [-0.4, -0.2) is 51.9 Å². The van der Waals surface area contributed by atoms with Crippen LogP contribution in [0.5, 0.6) is 0 Å². The van der Waals surface area contributed by atoms with Gasteiger partial charge in [-0.3, -0.25) is 15.2 Å². The van der Waals surface area contributed by atoms with Gasteiger partial charge in [0.2, 0.25) is 5.91 Å². The first-order valence-corrected chi connectivity index (χ1v) is 12.4. The highest BCUT2D eigenvalue weighted by atomic mass is 35.5. The molecule has 1 aliphatic heterocycles. The molecule has 0 bridgehead atoms. The molecular weight excluding hydrogens is 460 g/mol. The normalized spacial score (nSPS) is 17.1. The number of anilines is 1. The Bertz CT molecular complexity index is 1060. The van der Waals surface area contributed by atoms with Gasteiger partial charge in [0, 0.05) is 35.0 Å². The second kappa shape index (κ2) is 11.2. The number of benzene rings is 1. The monoisotopic (exact) mass is 488 g/mol. The maximum atomic E-state index is 12.7. The number of aromatic nitrogens is 3. The number of amides is 1. The molecule has 3 heterocycles. The molecule has 2 unspecified atom stereocenters. The van der Waals surface area contributed by atoms with Gasteiger partial charge in [0.25, 0.3) is 0 Å². The summed E-state index contributed by atoms with van der Waals surface area (Å²) in [5.74, 6) is 0.295. The van der Waals surface area contributed by atoms with Crippen LogP contribution in [0.1, 0.15) is 40.9 Å². The fraction of sp³-hybridized carbons (Fsp3) is 0.435. The van der Waals surface area contributed by atoms with Crippen molar-refractivity contribution in [3.8, 4) is 11.3 Å². The molecule has 1 aliphatic rings. The fourth-order valence-electron chi connectivity index (χ4n) is 4.03. The molecule has 0 radical (unpaired) electrons. The van der Waals surface area contributed by atoms with Gasteiger partial charge in [0.15, 0.2) is 5.82 Å². The number of H-pyrrole nitrogens is 1. The van der Waals surface area contributed by atoms with Crippen LogP contribution in [0.4, 0.5) is 5.82 Å². The van der Waals surface area contributed by atoms with Crippen molar-refractivity contribution >= 4 is 34.7 Å². The molecule has 4 rings (SSSR count). The summed E-state index contributed by atoms with van der Waals surface area (Å²) in [6.07, 6.45) is 3.93. The summed E-state index contributed by atoms with van der Waals surface area (Å²) in [5, 5.41) is 27.9. The third kappa shape index (κ3) is 6.18. The third-order valence-electron chi connectivity index (χ3n) is 5.75. The number of aliphatic hydroxyl groups is 1. The number of hydrogen-bond acceptors (Lipinski definition) is 7. The molecule has 1 aromatic carbocycles. The fourth-order valence-corrected chi connectivity index (χ4v) is 5.36. The van der Waals surface area contributed by atoms with E-state index in [0.29, 0.717) is 17.3 Å². The van der Waals surface area contributed by atoms with Crippen molar-refractivity contribution in [2.45, 2.75) is 44.7 Å². The first kappa shape index (κ1) is 23.8. The van der Waals surface area contributed by atoms with Crippen molar-refractivity contribution in [2.24, 2.45) is 0 Å². The van der Waals surface area contributed by atoms with Gasteiger partial charge in [0.1, 0.15) is 5.01 Å². The van der Waals surface area contributed by atoms with Gasteiger partial charge in [-0.25, -0.2) is 4.98 Å². The summed E-state index contributed by atoms with van der Waals surface area (Å²) in [4.78, 5) is 18.5. The summed E-state index contributed by atoms with van der Waals surface area (Å²) in [6, 6.07) is 9.35. The van der Waals surface area contributed by atoms with E-state index in [9.17, 15) is 9.90 Å². The minimum absolute atomic E-state index is 0.0731. The number of aryl methyl sites for hydroxylation is 1. The molecule has 0 spiro atoms. The van der Waals surface area contributed by atoms with Crippen molar-refractivity contribution < 1.29 is 9.90 Å². The number of aliphatic hydroxyl groups excluding tert-OH is 1. The van der Waals surface area contributed by atoms with Gasteiger partial charge in [0.05, 0.1) is 24.0 Å². The van der Waals surface area contributed by atoms with Gasteiger partial charge in [-0.05, 0) is 44.0 Å². The lowest BCUT2D eigenvalue weighted by atomic mass is 9.98. The van der Waals surface area contributed by atoms with Crippen LogP contribution >= 0.6 is 22.9 Å². The molecule has 33 heavy (non-hydrogen) atoms. The summed E-state index contributed by atoms with van der Waals surface area (Å²) >= 11 is 7.56. The van der Waals surface area contributed by atoms with E-state index in [0.717, 1.165) is 52.6 Å². The van der Waals surface area contributed by atoms with Gasteiger partial charge in [-0.15, -0.1) is 11.3 Å². The third-order valence-corrected chi connectivity index (χ3v) is 7.30. The number of piperidine rings is 1. The number of aromatic amines is 1. The zero-order valence-corrected chi connectivity index (χ0v) is 20.1. The highest BCUT2D eigenvalue weighted by Gasteiger charge is 2.28. The van der Waals surface area contributed by atoms with Crippen LogP contribution in [-0.2, 0) is 11.2 Å². The summed E-state index contributed by atoms with van der Waals surface area (Å²) in [6.45, 7) is 3.18. The van der Waals surface area contributed by atoms with Gasteiger partial charge in [-0.2, -0.15) is 5.10 Å². The first-order valence-electron chi connectivity index (χ1n) is 11.2. The van der Waals surface area contributed by atoms with Gasteiger partial charge >= 0.3 is 0 Å². The average molecular weight is 489 g/mol. The van der Waals surface area contributed by atoms with E-state index in [2.05, 4.69) is 26.1 Å². The summed E-state index contributed by atoms with van der Waals surface area (Å²) < 4.78 is 0. The molecule has 3 aromatic rings. The molecule has 1 saturated heterocycles. The molecule has 176 valence electrons. The Kier molecular flexibility index (Phi) is 8.11. The minimum Gasteiger partial charge on any atom is -0.396 e. The van der Waals surface area contributed by atoms with E-state index < -0.39 is 0 Å². The standard InChI is InChI=1S/C23H29ClN6O2S/c1-14-19(9-11-31)33-23(27-14)22(17-4-2-3-10-25-17)26-13-21(32)28-20-12-18(29-30-20)15-5-7-16(24)8-6-15/h5-8,12,17,22,25-26,31H,2-4,9-11,13H2,1H3,(H2,28,29,30,32). The number of halogens is 1. The van der Waals surface area contributed by atoms with Crippen molar-refractivity contribution in [1.29, 1.82) is 0 Å². The lowest BCUT2D eigenvalue weighted by Crippen LogP contribution is -2.46. The quantitative estimate of drug-likeness (QED) is 0.315. The number of nitrogens with one attached hydrogen (secondary N) is 4. The topological polar surface area (TPSA) is 115 Å². The van der Waals surface area contributed by atoms with E-state index in [1.165, 1.54) is 0 Å². The number of carbonyl (C=O) groups excluding carboxylic acids is 1. The molecule has 8 nitrogen and oxygen atoms in total. The van der Waals surface area contributed by atoms with Crippen molar-refractivity contribution in [1.82, 2.24) is 25.8 Å². The Hall–Kier alpha value is -2.30. The summed E-state index contributed by atoms with van der Waals surface area (Å²) in [5.41, 5.74) is 2.68. The minimum atomic E-state index is -0.172. The summed E-state index contributed by atoms with van der Waals surface area (Å²) in [7, 11) is 0. The highest BCUT2D eigenvalue weighted by Crippen LogP contribution is 2.29. The van der Waals surface area contributed by atoms with E-state index in [1.54, 1.807) is 17.4 Å². The molecule has 1 fully saturated rings. The molecule has 2 aromatic heterocycles. The smallest absolute Gasteiger partial charge is 0.239 e. The number of thiazole rings is 1. The zero-order valence-electron chi connectivity index (χ0n) is 18.5. The molecule has 5 N–H and O–H groups in total. The molecule has 0 saturated carbocycles. The largest absolute Gasteiger partial charge is 0.396 e. The van der Waals surface area contributed by atoms with Crippen LogP contribution in [0.25, 0.3) is 11.3 Å². The maximum Gasteiger partial charge on any atom is 0.239 e. The average Bonchev–Trinajstić information content (AvgIpc) is 3.42. The molecule has 0 aliphatic carbocycles. The van der Waals surface area contributed by atoms with Crippen LogP contribution in [0, 0.1) is 6.92 Å². The van der Waals surface area contributed by atoms with Crippen LogP contribution < -0.4 is 16.0 Å². The van der Waals surface area contributed by atoms with E-state index in [1.807, 2.05) is 31.2 Å². The molecule has 1 amide bonds. The predicted octanol–water partition coefficient (Wildman–Crippen LogP) is 3.44. The maximum absolute atomic E-state index is 12.7. The second-order valence-corrected chi connectivity index (χ2v) is 9.72. The Balaban J connectivity index is 1.40. The Morgan fingerprint density at radius 3 is 2.88 bits per heavy atom. The van der Waals surface area contributed by atoms with E-state index >= 15 is 0 Å². The highest BCUT2D eigenvalue weighted by molar-refractivity contribution is 7.11. The number of carbonyl (C=O) groups is 1. The molecule has 2 atom stereocenters. The van der Waals surface area contributed by atoms with Gasteiger partial charge < -0.3 is 15.7 Å². The van der Waals surface area contributed by atoms with E-state index in [4.69, 9.17) is 16.6 Å². The number of nitrogens with zero attached hydrogens (tertiary/aromatic N) is 2. The molecular formula is C23H29ClN6O2S. The van der Waals surface area contributed by atoms with Crippen LogP contribution in [0.3, 0.4) is 0 Å². The SMILES string of the molecule is Cc1nc(C(NCC(=O)Nc2cc(-c3ccc(Cl)cc3)[nH]n2)C2CCCCN2)sc1CCO. The van der Waals surface area contributed by atoms with Crippen molar-refractivity contribution in [3.05, 3.63) is 50.9 Å². The first-order chi connectivity index (χ1) is 16.0. The van der Waals surface area contributed by atoms with Crippen molar-refractivity contribution in [3.63, 3.8) is 0 Å². The second-order valence-electron chi connectivity index (χ2n) is 8.17. The van der Waals surface area contributed by atoms with Crippen molar-refractivity contribution in [2.75, 3.05) is 25.0 Å². The Labute approximate surface area is 202 Å². The Morgan fingerprint density at radius 2 is 2.15 bits per heavy atom. The Morgan fingerprint density at radius 1 is 1.33 bits per heavy atom. The predicted molar refractivity (Wildman–Crippen MR) is 132 cm³/mol. The van der Waals surface area contributed by atoms with Crippen LogP contribution in [0.15, 0.2) is 30.3 Å².